The van der Waals surface area contributed by atoms with E-state index in [-0.39, 0.29) is 5.91 Å². The standard InChI is InChI=1S/C12H18N4O4/c1-11(2)5-12(3-4-20-11)7-6(9(18)15-16-12)8(17)13-14-10(7)19/h6-7,16H,3-5H2,1-2H3,(H,13,17)(H,14,19)(H,15,18)/t6-,7-,12+/m0/s1. The van der Waals surface area contributed by atoms with Crippen LogP contribution in [0.3, 0.4) is 0 Å². The van der Waals surface area contributed by atoms with Crippen molar-refractivity contribution in [1.29, 1.82) is 0 Å². The number of nitrogens with one attached hydrogen (secondary N) is 4. The molecule has 0 aromatic heterocycles. The fraction of sp³-hybridized carbons (Fsp3) is 0.750. The van der Waals surface area contributed by atoms with Gasteiger partial charge in [-0.05, 0) is 26.7 Å². The zero-order valence-corrected chi connectivity index (χ0v) is 11.4. The minimum Gasteiger partial charge on any atom is -0.375 e. The van der Waals surface area contributed by atoms with Crippen LogP contribution >= 0.6 is 0 Å². The lowest BCUT2D eigenvalue weighted by Gasteiger charge is -2.53. The molecule has 8 nitrogen and oxygen atoms in total. The van der Waals surface area contributed by atoms with E-state index in [1.54, 1.807) is 0 Å². The van der Waals surface area contributed by atoms with Crippen molar-refractivity contribution in [2.75, 3.05) is 6.61 Å². The SMILES string of the molecule is CC1(C)C[C@@]2(CCO1)NNC(=O)[C@@H]1C(=O)NNC(=O)[C@H]12. The van der Waals surface area contributed by atoms with E-state index in [9.17, 15) is 14.4 Å². The lowest BCUT2D eigenvalue weighted by Crippen LogP contribution is -2.77. The number of rotatable bonds is 0. The number of hydrogen-bond acceptors (Lipinski definition) is 5. The number of ether oxygens (including phenoxy) is 1. The number of carbonyl (C=O) groups is 3. The lowest BCUT2D eigenvalue weighted by molar-refractivity contribution is -0.169. The van der Waals surface area contributed by atoms with Crippen LogP contribution in [0.4, 0.5) is 0 Å². The quantitative estimate of drug-likeness (QED) is 0.398. The highest BCUT2D eigenvalue weighted by Gasteiger charge is 2.59. The second-order valence-electron chi connectivity index (χ2n) is 6.24. The van der Waals surface area contributed by atoms with E-state index in [1.807, 2.05) is 13.8 Å². The highest BCUT2D eigenvalue weighted by Crippen LogP contribution is 2.42. The minimum atomic E-state index is -1.00. The molecule has 0 aromatic carbocycles. The first-order chi connectivity index (χ1) is 9.35. The lowest BCUT2D eigenvalue weighted by atomic mass is 9.65. The molecule has 3 atom stereocenters. The van der Waals surface area contributed by atoms with Gasteiger partial charge in [-0.3, -0.25) is 30.7 Å². The molecule has 0 aliphatic carbocycles. The van der Waals surface area contributed by atoms with Gasteiger partial charge in [-0.15, -0.1) is 0 Å². The molecule has 3 amide bonds. The van der Waals surface area contributed by atoms with E-state index >= 15 is 0 Å². The van der Waals surface area contributed by atoms with Gasteiger partial charge in [0.15, 0.2) is 0 Å². The zero-order valence-electron chi connectivity index (χ0n) is 11.4. The van der Waals surface area contributed by atoms with Crippen LogP contribution < -0.4 is 21.7 Å². The zero-order chi connectivity index (χ0) is 14.5. The van der Waals surface area contributed by atoms with Gasteiger partial charge in [0.2, 0.25) is 11.8 Å². The average Bonchev–Trinajstić information content (AvgIpc) is 2.36. The summed E-state index contributed by atoms with van der Waals surface area (Å²) in [5.74, 6) is -3.02. The molecule has 3 rings (SSSR count). The Morgan fingerprint density at radius 2 is 1.70 bits per heavy atom. The van der Waals surface area contributed by atoms with Gasteiger partial charge in [0.1, 0.15) is 5.92 Å². The molecule has 0 bridgehead atoms. The number of fused-ring (bicyclic) bond motifs is 2. The van der Waals surface area contributed by atoms with Crippen LogP contribution in [0, 0.1) is 11.8 Å². The molecule has 110 valence electrons. The molecule has 0 unspecified atom stereocenters. The Morgan fingerprint density at radius 1 is 1.05 bits per heavy atom. The third-order valence-corrected chi connectivity index (χ3v) is 4.30. The van der Waals surface area contributed by atoms with Crippen molar-refractivity contribution in [2.24, 2.45) is 11.8 Å². The number of hydrogen-bond donors (Lipinski definition) is 4. The van der Waals surface area contributed by atoms with Crippen molar-refractivity contribution in [3.8, 4) is 0 Å². The Hall–Kier alpha value is -1.67. The summed E-state index contributed by atoms with van der Waals surface area (Å²) in [6.45, 7) is 4.33. The number of amides is 3. The van der Waals surface area contributed by atoms with Crippen LogP contribution in [-0.2, 0) is 19.1 Å². The maximum Gasteiger partial charge on any atom is 0.251 e. The summed E-state index contributed by atoms with van der Waals surface area (Å²) in [6.07, 6.45) is 1.08. The number of hydrazine groups is 2. The predicted octanol–water partition coefficient (Wildman–Crippen LogP) is -1.66. The molecule has 4 N–H and O–H groups in total. The van der Waals surface area contributed by atoms with E-state index in [1.165, 1.54) is 0 Å². The summed E-state index contributed by atoms with van der Waals surface area (Å²) in [5.41, 5.74) is 9.02. The van der Waals surface area contributed by atoms with Crippen LogP contribution in [0.2, 0.25) is 0 Å². The molecule has 8 heteroatoms. The first-order valence-corrected chi connectivity index (χ1v) is 6.65. The maximum absolute atomic E-state index is 12.2. The molecular formula is C12H18N4O4. The molecule has 3 saturated heterocycles. The predicted molar refractivity (Wildman–Crippen MR) is 66.5 cm³/mol. The average molecular weight is 282 g/mol. The van der Waals surface area contributed by atoms with Crippen LogP contribution in [0.25, 0.3) is 0 Å². The third kappa shape index (κ3) is 1.87. The molecule has 3 fully saturated rings. The van der Waals surface area contributed by atoms with Gasteiger partial charge >= 0.3 is 0 Å². The van der Waals surface area contributed by atoms with E-state index in [2.05, 4.69) is 21.7 Å². The Bertz CT molecular complexity index is 484. The van der Waals surface area contributed by atoms with Crippen molar-refractivity contribution >= 4 is 17.7 Å². The van der Waals surface area contributed by atoms with Gasteiger partial charge in [-0.2, -0.15) is 0 Å². The number of carbonyl (C=O) groups excluding carboxylic acids is 3. The van der Waals surface area contributed by atoms with Gasteiger partial charge in [0, 0.05) is 6.61 Å². The summed E-state index contributed by atoms with van der Waals surface area (Å²) in [4.78, 5) is 36.1. The molecule has 3 heterocycles. The van der Waals surface area contributed by atoms with Crippen molar-refractivity contribution < 1.29 is 19.1 Å². The molecule has 0 radical (unpaired) electrons. The van der Waals surface area contributed by atoms with Crippen molar-refractivity contribution in [1.82, 2.24) is 21.7 Å². The maximum atomic E-state index is 12.2. The Labute approximate surface area is 115 Å². The highest BCUT2D eigenvalue weighted by atomic mass is 16.5. The molecule has 1 spiro atoms. The fourth-order valence-electron chi connectivity index (χ4n) is 3.54. The van der Waals surface area contributed by atoms with E-state index in [0.717, 1.165) is 0 Å². The van der Waals surface area contributed by atoms with Gasteiger partial charge in [0.05, 0.1) is 17.1 Å². The van der Waals surface area contributed by atoms with Gasteiger partial charge in [-0.1, -0.05) is 0 Å². The molecule has 3 aliphatic rings. The first-order valence-electron chi connectivity index (χ1n) is 6.65. The molecular weight excluding hydrogens is 264 g/mol. The summed E-state index contributed by atoms with van der Waals surface area (Å²) >= 11 is 0. The van der Waals surface area contributed by atoms with Gasteiger partial charge < -0.3 is 4.74 Å². The Morgan fingerprint density at radius 3 is 2.40 bits per heavy atom. The molecule has 0 saturated carbocycles. The van der Waals surface area contributed by atoms with E-state index in [4.69, 9.17) is 4.74 Å². The van der Waals surface area contributed by atoms with Gasteiger partial charge in [0.25, 0.3) is 5.91 Å². The van der Waals surface area contributed by atoms with Crippen molar-refractivity contribution in [3.63, 3.8) is 0 Å². The summed E-state index contributed by atoms with van der Waals surface area (Å²) in [7, 11) is 0. The van der Waals surface area contributed by atoms with E-state index in [0.29, 0.717) is 19.4 Å². The highest BCUT2D eigenvalue weighted by molar-refractivity contribution is 6.08. The smallest absolute Gasteiger partial charge is 0.251 e. The normalized spacial score (nSPS) is 39.6. The van der Waals surface area contributed by atoms with Crippen LogP contribution in [-0.4, -0.2) is 35.5 Å². The second kappa shape index (κ2) is 4.16. The summed E-state index contributed by atoms with van der Waals surface area (Å²) in [6, 6.07) is 0. The van der Waals surface area contributed by atoms with Crippen LogP contribution in [0.5, 0.6) is 0 Å². The first kappa shape index (κ1) is 13.3. The monoisotopic (exact) mass is 282 g/mol. The minimum absolute atomic E-state index is 0.338. The Kier molecular flexibility index (Phi) is 2.77. The molecule has 3 aliphatic heterocycles. The topological polar surface area (TPSA) is 109 Å². The van der Waals surface area contributed by atoms with Gasteiger partial charge in [-0.25, -0.2) is 5.43 Å². The van der Waals surface area contributed by atoms with Crippen molar-refractivity contribution in [2.45, 2.75) is 37.8 Å². The molecule has 20 heavy (non-hydrogen) atoms. The summed E-state index contributed by atoms with van der Waals surface area (Å²) in [5, 5.41) is 0. The summed E-state index contributed by atoms with van der Waals surface area (Å²) < 4.78 is 5.68. The van der Waals surface area contributed by atoms with E-state index < -0.39 is 34.8 Å². The van der Waals surface area contributed by atoms with Crippen LogP contribution in [0.15, 0.2) is 0 Å². The van der Waals surface area contributed by atoms with Crippen LogP contribution in [0.1, 0.15) is 26.7 Å². The fourth-order valence-corrected chi connectivity index (χ4v) is 3.54. The molecule has 0 aromatic rings. The Balaban J connectivity index is 2.00. The largest absolute Gasteiger partial charge is 0.375 e. The third-order valence-electron chi connectivity index (χ3n) is 4.30. The second-order valence-corrected chi connectivity index (χ2v) is 6.24. The van der Waals surface area contributed by atoms with Crippen molar-refractivity contribution in [3.05, 3.63) is 0 Å².